The summed E-state index contributed by atoms with van der Waals surface area (Å²) in [7, 11) is 1.26. The lowest BCUT2D eigenvalue weighted by Gasteiger charge is -2.12. The summed E-state index contributed by atoms with van der Waals surface area (Å²) in [6.45, 7) is 0. The number of halogens is 3. The number of methoxy groups -OCH3 is 1. The van der Waals surface area contributed by atoms with Gasteiger partial charge in [-0.05, 0) is 42.5 Å². The molecule has 22 heavy (non-hydrogen) atoms. The van der Waals surface area contributed by atoms with Crippen LogP contribution in [0.4, 0.5) is 18.9 Å². The van der Waals surface area contributed by atoms with Crippen LogP contribution < -0.4 is 10.5 Å². The lowest BCUT2D eigenvalue weighted by Crippen LogP contribution is -2.06. The summed E-state index contributed by atoms with van der Waals surface area (Å²) in [6.07, 6.45) is -4.46. The summed E-state index contributed by atoms with van der Waals surface area (Å²) < 4.78 is 47.6. The molecule has 0 radical (unpaired) electrons. The molecule has 2 aromatic carbocycles. The predicted octanol–water partition coefficient (Wildman–Crippen LogP) is 3.87. The van der Waals surface area contributed by atoms with E-state index in [1.165, 1.54) is 31.4 Å². The van der Waals surface area contributed by atoms with Gasteiger partial charge >= 0.3 is 12.1 Å². The first-order valence-electron chi connectivity index (χ1n) is 6.14. The number of hydrogen-bond donors (Lipinski definition) is 1. The molecular formula is C15H12F3NO3. The minimum absolute atomic E-state index is 0.0961. The highest BCUT2D eigenvalue weighted by Crippen LogP contribution is 2.35. The van der Waals surface area contributed by atoms with Crippen LogP contribution in [-0.2, 0) is 10.9 Å². The third-order valence-corrected chi connectivity index (χ3v) is 2.84. The highest BCUT2D eigenvalue weighted by Gasteiger charge is 2.30. The molecule has 0 amide bonds. The molecule has 2 N–H and O–H groups in total. The van der Waals surface area contributed by atoms with Gasteiger partial charge in [-0.3, -0.25) is 0 Å². The van der Waals surface area contributed by atoms with Gasteiger partial charge in [-0.1, -0.05) is 0 Å². The highest BCUT2D eigenvalue weighted by atomic mass is 19.4. The molecule has 0 spiro atoms. The highest BCUT2D eigenvalue weighted by molar-refractivity contribution is 5.89. The number of nitrogens with two attached hydrogens (primary N) is 1. The molecule has 0 aliphatic heterocycles. The molecule has 0 aliphatic carbocycles. The molecule has 0 fully saturated rings. The normalized spacial score (nSPS) is 11.1. The smallest absolute Gasteiger partial charge is 0.416 e. The molecule has 0 aliphatic rings. The van der Waals surface area contributed by atoms with Crippen LogP contribution in [0, 0.1) is 0 Å². The maximum absolute atomic E-state index is 12.5. The largest absolute Gasteiger partial charge is 0.465 e. The van der Waals surface area contributed by atoms with Gasteiger partial charge in [0.25, 0.3) is 0 Å². The predicted molar refractivity (Wildman–Crippen MR) is 73.7 cm³/mol. The van der Waals surface area contributed by atoms with Crippen LogP contribution in [0.15, 0.2) is 42.5 Å². The van der Waals surface area contributed by atoms with Crippen LogP contribution in [-0.4, -0.2) is 13.1 Å². The molecule has 0 saturated heterocycles. The maximum atomic E-state index is 12.5. The Labute approximate surface area is 124 Å². The lowest BCUT2D eigenvalue weighted by atomic mass is 10.2. The van der Waals surface area contributed by atoms with Crippen molar-refractivity contribution in [2.24, 2.45) is 0 Å². The number of hydrogen-bond acceptors (Lipinski definition) is 4. The summed E-state index contributed by atoms with van der Waals surface area (Å²) in [5.74, 6) is -0.0708. The van der Waals surface area contributed by atoms with Gasteiger partial charge in [-0.2, -0.15) is 13.2 Å². The quantitative estimate of drug-likeness (QED) is 0.690. The van der Waals surface area contributed by atoms with Gasteiger partial charge in [0.1, 0.15) is 11.5 Å². The Kier molecular flexibility index (Phi) is 4.25. The van der Waals surface area contributed by atoms with Crippen molar-refractivity contribution in [3.05, 3.63) is 53.6 Å². The van der Waals surface area contributed by atoms with Crippen molar-refractivity contribution in [1.29, 1.82) is 0 Å². The first kappa shape index (κ1) is 15.7. The topological polar surface area (TPSA) is 61.5 Å². The van der Waals surface area contributed by atoms with E-state index in [0.717, 1.165) is 18.2 Å². The first-order chi connectivity index (χ1) is 10.3. The molecule has 0 aromatic heterocycles. The van der Waals surface area contributed by atoms with Gasteiger partial charge in [0.15, 0.2) is 0 Å². The Morgan fingerprint density at radius 1 is 1.09 bits per heavy atom. The first-order valence-corrected chi connectivity index (χ1v) is 6.14. The van der Waals surface area contributed by atoms with Crippen LogP contribution in [0.5, 0.6) is 11.5 Å². The molecule has 116 valence electrons. The van der Waals surface area contributed by atoms with E-state index in [1.807, 2.05) is 0 Å². The van der Waals surface area contributed by atoms with E-state index in [1.54, 1.807) is 0 Å². The van der Waals surface area contributed by atoms with Crippen molar-refractivity contribution in [3.63, 3.8) is 0 Å². The summed E-state index contributed by atoms with van der Waals surface area (Å²) >= 11 is 0. The van der Waals surface area contributed by atoms with E-state index in [2.05, 4.69) is 4.74 Å². The molecule has 7 heteroatoms. The second kappa shape index (κ2) is 5.97. The minimum atomic E-state index is -4.46. The van der Waals surface area contributed by atoms with E-state index < -0.39 is 17.7 Å². The van der Waals surface area contributed by atoms with Crippen molar-refractivity contribution in [2.75, 3.05) is 12.8 Å². The molecule has 4 nitrogen and oxygen atoms in total. The number of carbonyl (C=O) groups is 1. The summed E-state index contributed by atoms with van der Waals surface area (Å²) in [5, 5.41) is 0. The second-order valence-electron chi connectivity index (χ2n) is 4.37. The van der Waals surface area contributed by atoms with Crippen molar-refractivity contribution in [2.45, 2.75) is 6.18 Å². The number of rotatable bonds is 3. The van der Waals surface area contributed by atoms with Crippen molar-refractivity contribution >= 4 is 11.7 Å². The number of benzene rings is 2. The SMILES string of the molecule is COC(=O)c1ccc(Oc2ccc(C(F)(F)F)cc2N)cc1. The van der Waals surface area contributed by atoms with Gasteiger partial charge in [-0.15, -0.1) is 0 Å². The fourth-order valence-corrected chi connectivity index (χ4v) is 1.72. The molecule has 0 heterocycles. The van der Waals surface area contributed by atoms with Crippen molar-refractivity contribution in [1.82, 2.24) is 0 Å². The molecule has 0 bridgehead atoms. The summed E-state index contributed by atoms with van der Waals surface area (Å²) in [6, 6.07) is 8.76. The third-order valence-electron chi connectivity index (χ3n) is 2.84. The number of carbonyl (C=O) groups excluding carboxylic acids is 1. The Hall–Kier alpha value is -2.70. The van der Waals surface area contributed by atoms with E-state index in [0.29, 0.717) is 11.3 Å². The minimum Gasteiger partial charge on any atom is -0.465 e. The standard InChI is InChI=1S/C15H12F3NO3/c1-21-14(20)9-2-5-11(6-3-9)22-13-7-4-10(8-12(13)19)15(16,17)18/h2-8H,19H2,1H3. The van der Waals surface area contributed by atoms with E-state index in [9.17, 15) is 18.0 Å². The molecule has 0 atom stereocenters. The summed E-state index contributed by atoms with van der Waals surface area (Å²) in [4.78, 5) is 11.3. The maximum Gasteiger partial charge on any atom is 0.416 e. The third kappa shape index (κ3) is 3.49. The van der Waals surface area contributed by atoms with Gasteiger partial charge in [0, 0.05) is 0 Å². The molecule has 0 unspecified atom stereocenters. The van der Waals surface area contributed by atoms with E-state index in [4.69, 9.17) is 10.5 Å². The number of nitrogen functional groups attached to an aromatic ring is 1. The van der Waals surface area contributed by atoms with E-state index >= 15 is 0 Å². The van der Waals surface area contributed by atoms with Crippen LogP contribution in [0.1, 0.15) is 15.9 Å². The van der Waals surface area contributed by atoms with Crippen LogP contribution in [0.2, 0.25) is 0 Å². The average Bonchev–Trinajstić information content (AvgIpc) is 2.48. The number of ether oxygens (including phenoxy) is 2. The second-order valence-corrected chi connectivity index (χ2v) is 4.37. The molecule has 2 aromatic rings. The van der Waals surface area contributed by atoms with Crippen LogP contribution in [0.25, 0.3) is 0 Å². The van der Waals surface area contributed by atoms with Crippen molar-refractivity contribution in [3.8, 4) is 11.5 Å². The van der Waals surface area contributed by atoms with Crippen LogP contribution in [0.3, 0.4) is 0 Å². The van der Waals surface area contributed by atoms with Crippen molar-refractivity contribution < 1.29 is 27.4 Å². The Morgan fingerprint density at radius 3 is 2.23 bits per heavy atom. The fraction of sp³-hybridized carbons (Fsp3) is 0.133. The van der Waals surface area contributed by atoms with Gasteiger partial charge in [0.05, 0.1) is 23.9 Å². The number of esters is 1. The Balaban J connectivity index is 2.19. The van der Waals surface area contributed by atoms with Gasteiger partial charge < -0.3 is 15.2 Å². The Bertz CT molecular complexity index is 681. The zero-order valence-electron chi connectivity index (χ0n) is 11.5. The van der Waals surface area contributed by atoms with E-state index in [-0.39, 0.29) is 11.4 Å². The number of alkyl halides is 3. The van der Waals surface area contributed by atoms with Gasteiger partial charge in [0.2, 0.25) is 0 Å². The average molecular weight is 311 g/mol. The molecular weight excluding hydrogens is 299 g/mol. The summed E-state index contributed by atoms with van der Waals surface area (Å²) in [5.41, 5.74) is 4.91. The monoisotopic (exact) mass is 311 g/mol. The fourth-order valence-electron chi connectivity index (χ4n) is 1.72. The molecule has 0 saturated carbocycles. The van der Waals surface area contributed by atoms with Crippen LogP contribution >= 0.6 is 0 Å². The van der Waals surface area contributed by atoms with Gasteiger partial charge in [-0.25, -0.2) is 4.79 Å². The lowest BCUT2D eigenvalue weighted by molar-refractivity contribution is -0.137. The number of anilines is 1. The Morgan fingerprint density at radius 2 is 1.73 bits per heavy atom. The zero-order valence-corrected chi connectivity index (χ0v) is 11.5. The zero-order chi connectivity index (χ0) is 16.3. The molecule has 2 rings (SSSR count).